The molecule has 0 aliphatic heterocycles. The second-order valence-electron chi connectivity index (χ2n) is 2.57. The molecule has 0 spiro atoms. The first-order valence-electron chi connectivity index (χ1n) is 4.20. The Kier molecular flexibility index (Phi) is 4.60. The summed E-state index contributed by atoms with van der Waals surface area (Å²) in [7, 11) is 0. The van der Waals surface area contributed by atoms with Gasteiger partial charge in [-0.05, 0) is 24.3 Å². The van der Waals surface area contributed by atoms with Crippen LogP contribution in [0.3, 0.4) is 0 Å². The Hall–Kier alpha value is -1.46. The van der Waals surface area contributed by atoms with Crippen LogP contribution in [-0.4, -0.2) is 12.5 Å². The van der Waals surface area contributed by atoms with Gasteiger partial charge < -0.3 is 4.74 Å². The molecule has 0 heterocycles. The number of ether oxygens (including phenoxy) is 1. The fourth-order valence-corrected chi connectivity index (χ4v) is 1.03. The first kappa shape index (κ1) is 10.6. The van der Waals surface area contributed by atoms with Gasteiger partial charge in [0.15, 0.2) is 0 Å². The average molecular weight is 208 g/mol. The van der Waals surface area contributed by atoms with E-state index in [0.29, 0.717) is 18.1 Å². The maximum absolute atomic E-state index is 8.56. The first-order valence-corrected chi connectivity index (χ1v) is 4.74. The molecule has 0 bridgehead atoms. The van der Waals surface area contributed by atoms with Crippen LogP contribution in [0.2, 0.25) is 0 Å². The summed E-state index contributed by atoms with van der Waals surface area (Å²) in [6, 6.07) is 9.03. The minimum atomic E-state index is 0.497. The predicted molar refractivity (Wildman–Crippen MR) is 56.5 cm³/mol. The quantitative estimate of drug-likeness (QED) is 0.562. The highest BCUT2D eigenvalue weighted by molar-refractivity contribution is 6.18. The predicted octanol–water partition coefficient (Wildman–Crippen LogP) is 2.73. The third kappa shape index (κ3) is 3.51. The summed E-state index contributed by atoms with van der Waals surface area (Å²) in [5, 5.41) is 8.56. The van der Waals surface area contributed by atoms with E-state index < -0.39 is 0 Å². The van der Waals surface area contributed by atoms with Gasteiger partial charge in [0.05, 0.1) is 11.6 Å². The lowest BCUT2D eigenvalue weighted by Crippen LogP contribution is -1.93. The highest BCUT2D eigenvalue weighted by Crippen LogP contribution is 2.11. The molecule has 0 saturated carbocycles. The molecule has 14 heavy (non-hydrogen) atoms. The van der Waals surface area contributed by atoms with Crippen LogP contribution >= 0.6 is 11.6 Å². The van der Waals surface area contributed by atoms with Crippen LogP contribution < -0.4 is 4.74 Å². The number of hydrogen-bond donors (Lipinski definition) is 0. The molecule has 0 aliphatic carbocycles. The molecule has 0 amide bonds. The number of benzene rings is 1. The van der Waals surface area contributed by atoms with Gasteiger partial charge in [-0.2, -0.15) is 5.26 Å². The summed E-state index contributed by atoms with van der Waals surface area (Å²) in [5.74, 6) is 1.25. The van der Waals surface area contributed by atoms with E-state index >= 15 is 0 Å². The monoisotopic (exact) mass is 207 g/mol. The van der Waals surface area contributed by atoms with E-state index in [9.17, 15) is 0 Å². The minimum absolute atomic E-state index is 0.497. The van der Waals surface area contributed by atoms with Crippen LogP contribution in [0.1, 0.15) is 5.56 Å². The van der Waals surface area contributed by atoms with Gasteiger partial charge in [0.2, 0.25) is 0 Å². The first-order chi connectivity index (χ1) is 6.86. The number of allylic oxidation sites excluding steroid dienone is 1. The lowest BCUT2D eigenvalue weighted by Gasteiger charge is -2.01. The summed E-state index contributed by atoms with van der Waals surface area (Å²) >= 11 is 5.44. The van der Waals surface area contributed by atoms with Crippen molar-refractivity contribution in [3.05, 3.63) is 42.0 Å². The zero-order valence-corrected chi connectivity index (χ0v) is 8.37. The summed E-state index contributed by atoms with van der Waals surface area (Å²) in [4.78, 5) is 0. The molecule has 72 valence electrons. The molecule has 0 saturated heterocycles. The van der Waals surface area contributed by atoms with Crippen molar-refractivity contribution in [3.8, 4) is 11.8 Å². The third-order valence-corrected chi connectivity index (χ3v) is 1.76. The SMILES string of the molecule is N#Cc1ccc(OC/C=C/CCl)cc1. The molecular formula is C11H10ClNO. The number of halogens is 1. The standard InChI is InChI=1S/C11H10ClNO/c12-7-1-2-8-14-11-5-3-10(9-13)4-6-11/h1-6H,7-8H2/b2-1+. The van der Waals surface area contributed by atoms with Gasteiger partial charge in [-0.15, -0.1) is 11.6 Å². The molecule has 0 N–H and O–H groups in total. The summed E-state index contributed by atoms with van der Waals surface area (Å²) in [6.45, 7) is 0.499. The van der Waals surface area contributed by atoms with Crippen molar-refractivity contribution >= 4 is 11.6 Å². The van der Waals surface area contributed by atoms with Crippen LogP contribution in [0.4, 0.5) is 0 Å². The number of alkyl halides is 1. The second kappa shape index (κ2) is 6.06. The molecule has 2 nitrogen and oxygen atoms in total. The Balaban J connectivity index is 2.45. The number of nitrogens with zero attached hydrogens (tertiary/aromatic N) is 1. The normalized spacial score (nSPS) is 10.0. The molecule has 0 aromatic heterocycles. The molecule has 1 aromatic carbocycles. The fourth-order valence-electron chi connectivity index (χ4n) is 0.901. The van der Waals surface area contributed by atoms with E-state index in [-0.39, 0.29) is 0 Å². The van der Waals surface area contributed by atoms with Gasteiger partial charge in [0, 0.05) is 5.88 Å². The van der Waals surface area contributed by atoms with Crippen molar-refractivity contribution < 1.29 is 4.74 Å². The molecule has 0 atom stereocenters. The molecule has 0 unspecified atom stereocenters. The van der Waals surface area contributed by atoms with E-state index in [0.717, 1.165) is 5.75 Å². The van der Waals surface area contributed by atoms with Crippen molar-refractivity contribution in [3.63, 3.8) is 0 Å². The van der Waals surface area contributed by atoms with Crippen LogP contribution in [0.25, 0.3) is 0 Å². The van der Waals surface area contributed by atoms with Gasteiger partial charge in [-0.3, -0.25) is 0 Å². The molecule has 0 fully saturated rings. The Bertz CT molecular complexity index is 337. The van der Waals surface area contributed by atoms with Gasteiger partial charge in [0.25, 0.3) is 0 Å². The van der Waals surface area contributed by atoms with E-state index in [1.165, 1.54) is 0 Å². The molecule has 0 radical (unpaired) electrons. The Morgan fingerprint density at radius 1 is 1.29 bits per heavy atom. The fraction of sp³-hybridized carbons (Fsp3) is 0.182. The summed E-state index contributed by atoms with van der Waals surface area (Å²) in [5.41, 5.74) is 0.633. The minimum Gasteiger partial charge on any atom is -0.490 e. The van der Waals surface area contributed by atoms with Crippen molar-refractivity contribution in [1.82, 2.24) is 0 Å². The van der Waals surface area contributed by atoms with Crippen molar-refractivity contribution in [2.45, 2.75) is 0 Å². The van der Waals surface area contributed by atoms with E-state index in [2.05, 4.69) is 0 Å². The molecule has 1 rings (SSSR count). The molecular weight excluding hydrogens is 198 g/mol. The third-order valence-electron chi connectivity index (χ3n) is 1.59. The second-order valence-corrected chi connectivity index (χ2v) is 2.88. The zero-order chi connectivity index (χ0) is 10.2. The van der Waals surface area contributed by atoms with Crippen LogP contribution in [0.5, 0.6) is 5.75 Å². The van der Waals surface area contributed by atoms with Crippen LogP contribution in [0, 0.1) is 11.3 Å². The Labute approximate surface area is 88.4 Å². The largest absolute Gasteiger partial charge is 0.490 e. The maximum Gasteiger partial charge on any atom is 0.119 e. The molecule has 3 heteroatoms. The summed E-state index contributed by atoms with van der Waals surface area (Å²) in [6.07, 6.45) is 3.68. The lowest BCUT2D eigenvalue weighted by atomic mass is 10.2. The van der Waals surface area contributed by atoms with Gasteiger partial charge in [-0.1, -0.05) is 12.2 Å². The Morgan fingerprint density at radius 3 is 2.57 bits per heavy atom. The van der Waals surface area contributed by atoms with Crippen molar-refractivity contribution in [1.29, 1.82) is 5.26 Å². The molecule has 1 aromatic rings. The van der Waals surface area contributed by atoms with E-state index in [1.54, 1.807) is 24.3 Å². The lowest BCUT2D eigenvalue weighted by molar-refractivity contribution is 0.363. The van der Waals surface area contributed by atoms with E-state index in [1.807, 2.05) is 18.2 Å². The van der Waals surface area contributed by atoms with Gasteiger partial charge >= 0.3 is 0 Å². The zero-order valence-electron chi connectivity index (χ0n) is 7.61. The number of nitriles is 1. The van der Waals surface area contributed by atoms with Crippen molar-refractivity contribution in [2.24, 2.45) is 0 Å². The van der Waals surface area contributed by atoms with Gasteiger partial charge in [0.1, 0.15) is 12.4 Å². The van der Waals surface area contributed by atoms with Gasteiger partial charge in [-0.25, -0.2) is 0 Å². The highest BCUT2D eigenvalue weighted by atomic mass is 35.5. The summed E-state index contributed by atoms with van der Waals surface area (Å²) < 4.78 is 5.35. The highest BCUT2D eigenvalue weighted by Gasteiger charge is 1.92. The van der Waals surface area contributed by atoms with Crippen molar-refractivity contribution in [2.75, 3.05) is 12.5 Å². The average Bonchev–Trinajstić information content (AvgIpc) is 2.25. The topological polar surface area (TPSA) is 33.0 Å². The number of rotatable bonds is 4. The van der Waals surface area contributed by atoms with Crippen LogP contribution in [0.15, 0.2) is 36.4 Å². The molecule has 0 aliphatic rings. The smallest absolute Gasteiger partial charge is 0.119 e. The van der Waals surface area contributed by atoms with Crippen LogP contribution in [-0.2, 0) is 0 Å². The Morgan fingerprint density at radius 2 is 2.00 bits per heavy atom. The maximum atomic E-state index is 8.56. The number of hydrogen-bond acceptors (Lipinski definition) is 2. The van der Waals surface area contributed by atoms with E-state index in [4.69, 9.17) is 21.6 Å².